The highest BCUT2D eigenvalue weighted by Gasteiger charge is 2.19. The third kappa shape index (κ3) is 6.36. The Hall–Kier alpha value is -4.00. The second-order valence-electron chi connectivity index (χ2n) is 9.21. The zero-order chi connectivity index (χ0) is 25.5. The zero-order valence-corrected chi connectivity index (χ0v) is 21.0. The smallest absolute Gasteiger partial charge is 0.268 e. The SMILES string of the molecule is COc1ccc(C(=O)N/C(=C\c2ccco2)C(=O)N[C@@H](C)c2ccc(N3CCC(C)CC3)cc2)cc1. The lowest BCUT2D eigenvalue weighted by molar-refractivity contribution is -0.118. The summed E-state index contributed by atoms with van der Waals surface area (Å²) in [5.74, 6) is 1.08. The standard InChI is InChI=1S/C29H33N3O4/c1-20-14-16-32(17-15-20)24-10-6-22(7-11-24)21(2)30-29(34)27(19-26-5-4-18-36-26)31-28(33)23-8-12-25(35-3)13-9-23/h4-13,18-21H,14-17H2,1-3H3,(H,30,34)(H,31,33)/b27-19-/t21-/m0/s1. The Morgan fingerprint density at radius 2 is 1.75 bits per heavy atom. The summed E-state index contributed by atoms with van der Waals surface area (Å²) in [4.78, 5) is 28.5. The van der Waals surface area contributed by atoms with E-state index in [0.29, 0.717) is 17.1 Å². The second kappa shape index (κ2) is 11.6. The predicted octanol–water partition coefficient (Wildman–Crippen LogP) is 5.17. The summed E-state index contributed by atoms with van der Waals surface area (Å²) in [5, 5.41) is 5.72. The van der Waals surface area contributed by atoms with Crippen molar-refractivity contribution in [3.05, 3.63) is 89.5 Å². The van der Waals surface area contributed by atoms with Gasteiger partial charge in [-0.15, -0.1) is 0 Å². The topological polar surface area (TPSA) is 83.8 Å². The fraction of sp³-hybridized carbons (Fsp3) is 0.310. The van der Waals surface area contributed by atoms with Crippen LogP contribution in [-0.4, -0.2) is 32.0 Å². The van der Waals surface area contributed by atoms with Crippen LogP contribution in [0.1, 0.15) is 54.4 Å². The lowest BCUT2D eigenvalue weighted by Crippen LogP contribution is -2.36. The first-order valence-corrected chi connectivity index (χ1v) is 12.3. The number of hydrogen-bond donors (Lipinski definition) is 2. The maximum absolute atomic E-state index is 13.2. The van der Waals surface area contributed by atoms with E-state index in [2.05, 4.69) is 34.6 Å². The molecule has 1 fully saturated rings. The summed E-state index contributed by atoms with van der Waals surface area (Å²) < 4.78 is 10.5. The summed E-state index contributed by atoms with van der Waals surface area (Å²) in [6, 6.07) is 18.2. The molecule has 1 saturated heterocycles. The van der Waals surface area contributed by atoms with Gasteiger partial charge in [0.05, 0.1) is 19.4 Å². The highest BCUT2D eigenvalue weighted by atomic mass is 16.5. The molecule has 2 heterocycles. The van der Waals surface area contributed by atoms with Crippen molar-refractivity contribution in [2.45, 2.75) is 32.7 Å². The summed E-state index contributed by atoms with van der Waals surface area (Å²) >= 11 is 0. The molecule has 7 nitrogen and oxygen atoms in total. The Kier molecular flexibility index (Phi) is 8.10. The molecule has 1 aliphatic heterocycles. The number of carbonyl (C=O) groups excluding carboxylic acids is 2. The van der Waals surface area contributed by atoms with Gasteiger partial charge in [-0.05, 0) is 79.8 Å². The van der Waals surface area contributed by atoms with Crippen molar-refractivity contribution in [2.24, 2.45) is 5.92 Å². The molecule has 1 aliphatic rings. The summed E-state index contributed by atoms with van der Waals surface area (Å²) in [5.41, 5.74) is 2.69. The molecule has 188 valence electrons. The average Bonchev–Trinajstić information content (AvgIpc) is 3.42. The molecule has 4 rings (SSSR count). The minimum Gasteiger partial charge on any atom is -0.497 e. The Labute approximate surface area is 212 Å². The van der Waals surface area contributed by atoms with Crippen LogP contribution >= 0.6 is 0 Å². The largest absolute Gasteiger partial charge is 0.497 e. The Balaban J connectivity index is 1.44. The van der Waals surface area contributed by atoms with Gasteiger partial charge in [0.1, 0.15) is 17.2 Å². The van der Waals surface area contributed by atoms with Gasteiger partial charge in [0.25, 0.3) is 11.8 Å². The molecule has 1 aromatic heterocycles. The lowest BCUT2D eigenvalue weighted by atomic mass is 9.98. The van der Waals surface area contributed by atoms with E-state index in [1.54, 1.807) is 43.5 Å². The maximum atomic E-state index is 13.2. The minimum absolute atomic E-state index is 0.0941. The van der Waals surface area contributed by atoms with E-state index < -0.39 is 11.8 Å². The van der Waals surface area contributed by atoms with Crippen molar-refractivity contribution in [3.63, 3.8) is 0 Å². The average molecular weight is 488 g/mol. The number of carbonyl (C=O) groups is 2. The first kappa shape index (κ1) is 25.1. The van der Waals surface area contributed by atoms with E-state index in [1.165, 1.54) is 30.9 Å². The Bertz CT molecular complexity index is 1180. The minimum atomic E-state index is -0.408. The molecule has 36 heavy (non-hydrogen) atoms. The van der Waals surface area contributed by atoms with E-state index in [9.17, 15) is 9.59 Å². The van der Waals surface area contributed by atoms with Gasteiger partial charge >= 0.3 is 0 Å². The molecule has 0 radical (unpaired) electrons. The van der Waals surface area contributed by atoms with Crippen molar-refractivity contribution in [1.82, 2.24) is 10.6 Å². The fourth-order valence-electron chi connectivity index (χ4n) is 4.21. The van der Waals surface area contributed by atoms with E-state index in [4.69, 9.17) is 9.15 Å². The first-order chi connectivity index (χ1) is 17.4. The van der Waals surface area contributed by atoms with Crippen molar-refractivity contribution < 1.29 is 18.7 Å². The molecule has 2 N–H and O–H groups in total. The number of methoxy groups -OCH3 is 1. The van der Waals surface area contributed by atoms with Crippen molar-refractivity contribution in [2.75, 3.05) is 25.1 Å². The molecular weight excluding hydrogens is 454 g/mol. The summed E-state index contributed by atoms with van der Waals surface area (Å²) in [6.45, 7) is 6.37. The van der Waals surface area contributed by atoms with Gasteiger partial charge in [0, 0.05) is 30.4 Å². The molecule has 0 saturated carbocycles. The van der Waals surface area contributed by atoms with Crippen LogP contribution in [0.25, 0.3) is 6.08 Å². The summed E-state index contributed by atoms with van der Waals surface area (Å²) in [6.07, 6.45) is 5.45. The Morgan fingerprint density at radius 3 is 2.36 bits per heavy atom. The number of nitrogens with one attached hydrogen (secondary N) is 2. The van der Waals surface area contributed by atoms with Crippen LogP contribution < -0.4 is 20.3 Å². The lowest BCUT2D eigenvalue weighted by Gasteiger charge is -2.32. The Morgan fingerprint density at radius 1 is 1.06 bits per heavy atom. The van der Waals surface area contributed by atoms with Gasteiger partial charge in [-0.25, -0.2) is 0 Å². The van der Waals surface area contributed by atoms with Crippen LogP contribution in [-0.2, 0) is 4.79 Å². The van der Waals surface area contributed by atoms with Crippen LogP contribution in [0.3, 0.4) is 0 Å². The highest BCUT2D eigenvalue weighted by molar-refractivity contribution is 6.05. The number of piperidine rings is 1. The first-order valence-electron chi connectivity index (χ1n) is 12.3. The predicted molar refractivity (Wildman–Crippen MR) is 141 cm³/mol. The van der Waals surface area contributed by atoms with Crippen molar-refractivity contribution in [3.8, 4) is 5.75 Å². The fourth-order valence-corrected chi connectivity index (χ4v) is 4.21. The number of furan rings is 1. The van der Waals surface area contributed by atoms with Crippen LogP contribution in [0.2, 0.25) is 0 Å². The van der Waals surface area contributed by atoms with Gasteiger partial charge in [0.2, 0.25) is 0 Å². The van der Waals surface area contributed by atoms with E-state index in [0.717, 1.165) is 24.6 Å². The number of ether oxygens (including phenoxy) is 1. The van der Waals surface area contributed by atoms with Gasteiger partial charge < -0.3 is 24.7 Å². The van der Waals surface area contributed by atoms with E-state index in [1.807, 2.05) is 19.1 Å². The van der Waals surface area contributed by atoms with Gasteiger partial charge in [-0.2, -0.15) is 0 Å². The van der Waals surface area contributed by atoms with Gasteiger partial charge in [0.15, 0.2) is 0 Å². The molecule has 0 bridgehead atoms. The number of anilines is 1. The maximum Gasteiger partial charge on any atom is 0.268 e. The molecule has 2 aromatic carbocycles. The van der Waals surface area contributed by atoms with Gasteiger partial charge in [-0.3, -0.25) is 9.59 Å². The van der Waals surface area contributed by atoms with Crippen LogP contribution in [0.15, 0.2) is 77.0 Å². The molecule has 0 aliphatic carbocycles. The third-order valence-electron chi connectivity index (χ3n) is 6.56. The molecule has 2 amide bonds. The van der Waals surface area contributed by atoms with Crippen molar-refractivity contribution in [1.29, 1.82) is 0 Å². The molecule has 0 spiro atoms. The normalized spacial score (nSPS) is 15.3. The van der Waals surface area contributed by atoms with E-state index >= 15 is 0 Å². The molecular formula is C29H33N3O4. The molecule has 7 heteroatoms. The van der Waals surface area contributed by atoms with Crippen LogP contribution in [0.4, 0.5) is 5.69 Å². The van der Waals surface area contributed by atoms with Crippen LogP contribution in [0.5, 0.6) is 5.75 Å². The number of benzene rings is 2. The monoisotopic (exact) mass is 487 g/mol. The van der Waals surface area contributed by atoms with Crippen LogP contribution in [0, 0.1) is 5.92 Å². The molecule has 0 unspecified atom stereocenters. The second-order valence-corrected chi connectivity index (χ2v) is 9.21. The number of nitrogens with zero attached hydrogens (tertiary/aromatic N) is 1. The quantitative estimate of drug-likeness (QED) is 0.428. The third-order valence-corrected chi connectivity index (χ3v) is 6.56. The molecule has 1 atom stereocenters. The number of rotatable bonds is 8. The highest BCUT2D eigenvalue weighted by Crippen LogP contribution is 2.25. The number of hydrogen-bond acceptors (Lipinski definition) is 5. The molecule has 3 aromatic rings. The number of amides is 2. The van der Waals surface area contributed by atoms with Gasteiger partial charge in [-0.1, -0.05) is 19.1 Å². The van der Waals surface area contributed by atoms with Crippen molar-refractivity contribution >= 4 is 23.6 Å². The van der Waals surface area contributed by atoms with E-state index in [-0.39, 0.29) is 11.7 Å². The zero-order valence-electron chi connectivity index (χ0n) is 21.0. The summed E-state index contributed by atoms with van der Waals surface area (Å²) in [7, 11) is 1.56.